The van der Waals surface area contributed by atoms with Crippen molar-refractivity contribution in [2.24, 2.45) is 0 Å². The normalized spacial score (nSPS) is 10.8. The number of hydrogen-bond acceptors (Lipinski definition) is 6. The molecule has 1 heterocycles. The van der Waals surface area contributed by atoms with Gasteiger partial charge in [-0.2, -0.15) is 0 Å². The van der Waals surface area contributed by atoms with E-state index >= 15 is 0 Å². The van der Waals surface area contributed by atoms with Crippen molar-refractivity contribution in [1.29, 1.82) is 0 Å². The van der Waals surface area contributed by atoms with E-state index in [1.165, 1.54) is 6.07 Å². The Morgan fingerprint density at radius 1 is 1.21 bits per heavy atom. The lowest BCUT2D eigenvalue weighted by molar-refractivity contribution is -0.402. The van der Waals surface area contributed by atoms with E-state index in [-0.39, 0.29) is 11.3 Å². The lowest BCUT2D eigenvalue weighted by atomic mass is 10.1. The summed E-state index contributed by atoms with van der Waals surface area (Å²) in [5.41, 5.74) is -0.146. The highest BCUT2D eigenvalue weighted by molar-refractivity contribution is 5.98. The van der Waals surface area contributed by atoms with Crippen LogP contribution in [0, 0.1) is 21.7 Å². The fourth-order valence-electron chi connectivity index (χ4n) is 1.62. The summed E-state index contributed by atoms with van der Waals surface area (Å²) in [7, 11) is 0. The summed E-state index contributed by atoms with van der Waals surface area (Å²) in [6.07, 6.45) is 2.03. The van der Waals surface area contributed by atoms with E-state index < -0.39 is 40.8 Å². The minimum atomic E-state index is -1.19. The molecule has 2 rings (SSSR count). The number of furan rings is 1. The molecule has 1 aromatic heterocycles. The topological polar surface area (TPSA) is 99.7 Å². The van der Waals surface area contributed by atoms with Crippen LogP contribution in [0.5, 0.6) is 0 Å². The number of carbonyl (C=O) groups excluding carboxylic acids is 2. The number of nitrogens with zero attached hydrogens (tertiary/aromatic N) is 1. The van der Waals surface area contributed by atoms with Crippen molar-refractivity contribution in [3.63, 3.8) is 0 Å². The van der Waals surface area contributed by atoms with E-state index in [2.05, 4.69) is 4.74 Å². The zero-order valence-corrected chi connectivity index (χ0v) is 11.9. The Morgan fingerprint density at radius 2 is 1.96 bits per heavy atom. The van der Waals surface area contributed by atoms with Crippen molar-refractivity contribution in [2.45, 2.75) is 0 Å². The first-order chi connectivity index (χ1) is 11.4. The first-order valence-electron chi connectivity index (χ1n) is 6.44. The van der Waals surface area contributed by atoms with Crippen LogP contribution in [-0.2, 0) is 9.53 Å². The van der Waals surface area contributed by atoms with Crippen LogP contribution in [0.15, 0.2) is 40.8 Å². The van der Waals surface area contributed by atoms with Crippen LogP contribution in [0.3, 0.4) is 0 Å². The van der Waals surface area contributed by atoms with Crippen LogP contribution in [0.1, 0.15) is 16.1 Å². The standard InChI is InChI=1S/C15H9F2NO6/c16-11-4-1-9(7-12(11)17)13(19)8-23-15(20)6-3-10-2-5-14(24-10)18(21)22/h1-7H,8H2/b6-3+. The predicted octanol–water partition coefficient (Wildman–Crippen LogP) is 2.91. The lowest BCUT2D eigenvalue weighted by Gasteiger charge is -2.02. The van der Waals surface area contributed by atoms with E-state index in [4.69, 9.17) is 4.42 Å². The molecule has 24 heavy (non-hydrogen) atoms. The predicted molar refractivity (Wildman–Crippen MR) is 76.0 cm³/mol. The number of esters is 1. The van der Waals surface area contributed by atoms with E-state index in [9.17, 15) is 28.5 Å². The van der Waals surface area contributed by atoms with E-state index in [1.807, 2.05) is 0 Å². The van der Waals surface area contributed by atoms with Crippen LogP contribution < -0.4 is 0 Å². The third-order valence-electron chi connectivity index (χ3n) is 2.76. The van der Waals surface area contributed by atoms with Crippen LogP contribution >= 0.6 is 0 Å². The van der Waals surface area contributed by atoms with Crippen LogP contribution in [0.2, 0.25) is 0 Å². The monoisotopic (exact) mass is 337 g/mol. The van der Waals surface area contributed by atoms with Crippen LogP contribution in [0.4, 0.5) is 14.7 Å². The second-order valence-corrected chi connectivity index (χ2v) is 4.43. The number of hydrogen-bond donors (Lipinski definition) is 0. The number of nitro groups is 1. The van der Waals surface area contributed by atoms with Crippen molar-refractivity contribution < 1.29 is 32.4 Å². The molecular formula is C15H9F2NO6. The third-order valence-corrected chi connectivity index (χ3v) is 2.76. The molecule has 0 radical (unpaired) electrons. The molecule has 0 amide bonds. The van der Waals surface area contributed by atoms with E-state index in [1.54, 1.807) is 0 Å². The molecule has 9 heteroatoms. The molecule has 0 aliphatic heterocycles. The van der Waals surface area contributed by atoms with Gasteiger partial charge in [-0.05, 0) is 30.3 Å². The van der Waals surface area contributed by atoms with Gasteiger partial charge in [0.15, 0.2) is 24.0 Å². The molecule has 0 bridgehead atoms. The van der Waals surface area contributed by atoms with Crippen molar-refractivity contribution in [1.82, 2.24) is 0 Å². The van der Waals surface area contributed by atoms with Gasteiger partial charge >= 0.3 is 11.9 Å². The molecule has 7 nitrogen and oxygen atoms in total. The summed E-state index contributed by atoms with van der Waals surface area (Å²) < 4.78 is 35.2. The molecule has 0 N–H and O–H groups in total. The fourth-order valence-corrected chi connectivity index (χ4v) is 1.62. The van der Waals surface area contributed by atoms with Crippen molar-refractivity contribution in [3.8, 4) is 0 Å². The van der Waals surface area contributed by atoms with Gasteiger partial charge < -0.3 is 9.15 Å². The lowest BCUT2D eigenvalue weighted by Crippen LogP contribution is -2.13. The third kappa shape index (κ3) is 4.32. The number of ether oxygens (including phenoxy) is 1. The second-order valence-electron chi connectivity index (χ2n) is 4.43. The average molecular weight is 337 g/mol. The fraction of sp³-hybridized carbons (Fsp3) is 0.0667. The summed E-state index contributed by atoms with van der Waals surface area (Å²) in [6.45, 7) is -0.674. The number of carbonyl (C=O) groups is 2. The number of Topliss-reactive ketones (excluding diaryl/α,β-unsaturated/α-hetero) is 1. The van der Waals surface area contributed by atoms with Crippen molar-refractivity contribution in [2.75, 3.05) is 6.61 Å². The van der Waals surface area contributed by atoms with Gasteiger partial charge in [0.2, 0.25) is 0 Å². The summed E-state index contributed by atoms with van der Waals surface area (Å²) >= 11 is 0. The molecule has 2 aromatic rings. The molecule has 124 valence electrons. The Kier molecular flexibility index (Phi) is 5.15. The molecule has 0 saturated carbocycles. The van der Waals surface area contributed by atoms with Crippen LogP contribution in [0.25, 0.3) is 6.08 Å². The average Bonchev–Trinajstić information content (AvgIpc) is 3.02. The molecule has 0 aliphatic carbocycles. The Labute approximate surface area is 133 Å². The number of rotatable bonds is 6. The zero-order chi connectivity index (χ0) is 17.7. The smallest absolute Gasteiger partial charge is 0.433 e. The Morgan fingerprint density at radius 3 is 2.58 bits per heavy atom. The highest BCUT2D eigenvalue weighted by Gasteiger charge is 2.12. The summed E-state index contributed by atoms with van der Waals surface area (Å²) in [6, 6.07) is 4.93. The van der Waals surface area contributed by atoms with Gasteiger partial charge in [0.1, 0.15) is 10.7 Å². The summed E-state index contributed by atoms with van der Waals surface area (Å²) in [5, 5.41) is 10.4. The molecular weight excluding hydrogens is 328 g/mol. The second kappa shape index (κ2) is 7.27. The maximum atomic E-state index is 13.0. The van der Waals surface area contributed by atoms with Gasteiger partial charge in [0.05, 0.1) is 6.07 Å². The van der Waals surface area contributed by atoms with Gasteiger partial charge in [-0.15, -0.1) is 0 Å². The minimum absolute atomic E-state index is 0.0468. The maximum absolute atomic E-state index is 13.0. The zero-order valence-electron chi connectivity index (χ0n) is 11.9. The first kappa shape index (κ1) is 17.0. The molecule has 1 aromatic carbocycles. The minimum Gasteiger partial charge on any atom is -0.454 e. The number of benzene rings is 1. The highest BCUT2D eigenvalue weighted by Crippen LogP contribution is 2.16. The van der Waals surface area contributed by atoms with E-state index in [0.717, 1.165) is 30.4 Å². The van der Waals surface area contributed by atoms with Gasteiger partial charge in [-0.1, -0.05) is 0 Å². The van der Waals surface area contributed by atoms with Crippen LogP contribution in [-0.4, -0.2) is 23.3 Å². The molecule has 0 fully saturated rings. The molecule has 0 spiro atoms. The summed E-state index contributed by atoms with van der Waals surface area (Å²) in [4.78, 5) is 32.8. The van der Waals surface area contributed by atoms with Gasteiger partial charge in [0, 0.05) is 11.6 Å². The largest absolute Gasteiger partial charge is 0.454 e. The van der Waals surface area contributed by atoms with Gasteiger partial charge in [-0.3, -0.25) is 14.9 Å². The summed E-state index contributed by atoms with van der Waals surface area (Å²) in [5.74, 6) is -4.36. The number of halogens is 2. The molecule has 0 unspecified atom stereocenters. The number of ketones is 1. The SMILES string of the molecule is O=C(/C=C/c1ccc([N+](=O)[O-])o1)OCC(=O)c1ccc(F)c(F)c1. The molecule has 0 atom stereocenters. The van der Waals surface area contributed by atoms with E-state index in [0.29, 0.717) is 6.07 Å². The van der Waals surface area contributed by atoms with Crippen molar-refractivity contribution in [3.05, 3.63) is 69.5 Å². The first-order valence-corrected chi connectivity index (χ1v) is 6.44. The Hall–Kier alpha value is -3.36. The Balaban J connectivity index is 1.89. The quantitative estimate of drug-likeness (QED) is 0.264. The van der Waals surface area contributed by atoms with Gasteiger partial charge in [0.25, 0.3) is 0 Å². The Bertz CT molecular complexity index is 827. The highest BCUT2D eigenvalue weighted by atomic mass is 19.2. The van der Waals surface area contributed by atoms with Gasteiger partial charge in [-0.25, -0.2) is 13.6 Å². The molecule has 0 aliphatic rings. The maximum Gasteiger partial charge on any atom is 0.433 e. The van der Waals surface area contributed by atoms with Crippen molar-refractivity contribution >= 4 is 23.7 Å². The molecule has 0 saturated heterocycles.